The van der Waals surface area contributed by atoms with E-state index in [-0.39, 0.29) is 18.0 Å². The molecule has 0 spiro atoms. The molecule has 0 saturated carbocycles. The number of nitrogens with zero attached hydrogens (tertiary/aromatic N) is 1. The summed E-state index contributed by atoms with van der Waals surface area (Å²) >= 11 is 0. The Balaban J connectivity index is 1.57. The van der Waals surface area contributed by atoms with Gasteiger partial charge in [0.05, 0.1) is 11.8 Å². The predicted octanol–water partition coefficient (Wildman–Crippen LogP) is 6.34. The minimum absolute atomic E-state index is 0.169. The normalized spacial score (nSPS) is 11.6. The average Bonchev–Trinajstić information content (AvgIpc) is 2.83. The number of benzene rings is 4. The van der Waals surface area contributed by atoms with Crippen LogP contribution in [-0.4, -0.2) is 12.1 Å². The van der Waals surface area contributed by atoms with Gasteiger partial charge in [-0.15, -0.1) is 0 Å². The third-order valence-electron chi connectivity index (χ3n) is 5.05. The summed E-state index contributed by atoms with van der Waals surface area (Å²) in [5, 5.41) is 5.66. The molecule has 0 aliphatic carbocycles. The standard InChI is InChI=1S/C26H18F4N2O2/c27-21-11-8-17(9-12-21)16-34-24-13-10-18-4-1-2-7-22(18)23(24)15-31-32-25(33)19-5-3-6-20(14-19)26(28,29)30/h1-15H,16H2,(H,32,33). The summed E-state index contributed by atoms with van der Waals surface area (Å²) < 4.78 is 57.8. The van der Waals surface area contributed by atoms with Gasteiger partial charge in [0.25, 0.3) is 5.91 Å². The average molecular weight is 466 g/mol. The van der Waals surface area contributed by atoms with Crippen molar-refractivity contribution in [3.05, 3.63) is 113 Å². The third-order valence-corrected chi connectivity index (χ3v) is 5.05. The largest absolute Gasteiger partial charge is 0.488 e. The van der Waals surface area contributed by atoms with Crippen LogP contribution in [-0.2, 0) is 12.8 Å². The quantitative estimate of drug-likeness (QED) is 0.205. The summed E-state index contributed by atoms with van der Waals surface area (Å²) in [6, 6.07) is 21.1. The molecular weight excluding hydrogens is 448 g/mol. The molecule has 0 unspecified atom stereocenters. The van der Waals surface area contributed by atoms with Crippen LogP contribution in [0.4, 0.5) is 17.6 Å². The van der Waals surface area contributed by atoms with E-state index in [0.717, 1.165) is 34.5 Å². The van der Waals surface area contributed by atoms with E-state index in [2.05, 4.69) is 10.5 Å². The lowest BCUT2D eigenvalue weighted by Gasteiger charge is -2.12. The summed E-state index contributed by atoms with van der Waals surface area (Å²) in [6.07, 6.45) is -3.17. The highest BCUT2D eigenvalue weighted by atomic mass is 19.4. The van der Waals surface area contributed by atoms with Gasteiger partial charge in [-0.3, -0.25) is 4.79 Å². The number of hydrogen-bond acceptors (Lipinski definition) is 3. The van der Waals surface area contributed by atoms with E-state index in [4.69, 9.17) is 4.74 Å². The molecule has 0 aliphatic heterocycles. The van der Waals surface area contributed by atoms with E-state index < -0.39 is 17.6 Å². The number of fused-ring (bicyclic) bond motifs is 1. The Hall–Kier alpha value is -4.20. The SMILES string of the molecule is O=C(NN=Cc1c(OCc2ccc(F)cc2)ccc2ccccc12)c1cccc(C(F)(F)F)c1. The lowest BCUT2D eigenvalue weighted by molar-refractivity contribution is -0.137. The maximum Gasteiger partial charge on any atom is 0.416 e. The van der Waals surface area contributed by atoms with Gasteiger partial charge in [-0.2, -0.15) is 18.3 Å². The van der Waals surface area contributed by atoms with Crippen LogP contribution in [0.5, 0.6) is 5.75 Å². The van der Waals surface area contributed by atoms with Gasteiger partial charge in [0.15, 0.2) is 0 Å². The van der Waals surface area contributed by atoms with Crippen LogP contribution in [0.15, 0.2) is 90.0 Å². The highest BCUT2D eigenvalue weighted by Crippen LogP contribution is 2.30. The van der Waals surface area contributed by atoms with Gasteiger partial charge in [0, 0.05) is 11.1 Å². The van der Waals surface area contributed by atoms with Gasteiger partial charge in [-0.05, 0) is 52.7 Å². The summed E-state index contributed by atoms with van der Waals surface area (Å²) in [4.78, 5) is 12.3. The molecule has 0 aliphatic rings. The third kappa shape index (κ3) is 5.40. The summed E-state index contributed by atoms with van der Waals surface area (Å²) in [5.41, 5.74) is 2.51. The number of carbonyl (C=O) groups is 1. The molecule has 1 amide bonds. The molecule has 0 saturated heterocycles. The maximum absolute atomic E-state index is 13.1. The number of amides is 1. The molecule has 4 rings (SSSR count). The van der Waals surface area contributed by atoms with E-state index in [9.17, 15) is 22.4 Å². The van der Waals surface area contributed by atoms with Crippen LogP contribution in [0.2, 0.25) is 0 Å². The van der Waals surface area contributed by atoms with Gasteiger partial charge in [-0.25, -0.2) is 9.82 Å². The van der Waals surface area contributed by atoms with Crippen LogP contribution >= 0.6 is 0 Å². The molecule has 0 heterocycles. The van der Waals surface area contributed by atoms with Gasteiger partial charge in [-0.1, -0.05) is 48.5 Å². The smallest absolute Gasteiger partial charge is 0.416 e. The minimum Gasteiger partial charge on any atom is -0.488 e. The number of hydrogen-bond donors (Lipinski definition) is 1. The molecule has 0 fully saturated rings. The molecular formula is C26H18F4N2O2. The second-order valence-corrected chi connectivity index (χ2v) is 7.39. The molecule has 0 bridgehead atoms. The fraction of sp³-hybridized carbons (Fsp3) is 0.0769. The molecule has 1 N–H and O–H groups in total. The molecule has 0 radical (unpaired) electrons. The molecule has 4 aromatic rings. The first-order chi connectivity index (χ1) is 16.3. The van der Waals surface area contributed by atoms with Crippen LogP contribution in [0.3, 0.4) is 0 Å². The Morgan fingerprint density at radius 1 is 0.941 bits per heavy atom. The van der Waals surface area contributed by atoms with Crippen molar-refractivity contribution in [3.63, 3.8) is 0 Å². The van der Waals surface area contributed by atoms with Crippen molar-refractivity contribution in [2.75, 3.05) is 0 Å². The van der Waals surface area contributed by atoms with Crippen LogP contribution in [0.1, 0.15) is 27.0 Å². The lowest BCUT2D eigenvalue weighted by atomic mass is 10.0. The van der Waals surface area contributed by atoms with E-state index in [1.807, 2.05) is 30.3 Å². The number of hydrazone groups is 1. The molecule has 4 nitrogen and oxygen atoms in total. The summed E-state index contributed by atoms with van der Waals surface area (Å²) in [5.74, 6) is -0.657. The number of ether oxygens (including phenoxy) is 1. The van der Waals surface area contributed by atoms with Crippen molar-refractivity contribution in [2.24, 2.45) is 5.10 Å². The van der Waals surface area contributed by atoms with Crippen molar-refractivity contribution in [2.45, 2.75) is 12.8 Å². The first kappa shape index (κ1) is 23.0. The first-order valence-corrected chi connectivity index (χ1v) is 10.2. The fourth-order valence-electron chi connectivity index (χ4n) is 3.33. The minimum atomic E-state index is -4.56. The second kappa shape index (κ2) is 9.74. The Labute approximate surface area is 192 Å². The molecule has 8 heteroatoms. The maximum atomic E-state index is 13.1. The zero-order valence-electron chi connectivity index (χ0n) is 17.6. The second-order valence-electron chi connectivity index (χ2n) is 7.39. The molecule has 0 aromatic heterocycles. The summed E-state index contributed by atoms with van der Waals surface area (Å²) in [7, 11) is 0. The number of halogens is 4. The Morgan fingerprint density at radius 3 is 2.47 bits per heavy atom. The van der Waals surface area contributed by atoms with E-state index in [1.54, 1.807) is 18.2 Å². The fourth-order valence-corrected chi connectivity index (χ4v) is 3.33. The zero-order chi connectivity index (χ0) is 24.1. The van der Waals surface area contributed by atoms with Crippen molar-refractivity contribution < 1.29 is 27.1 Å². The lowest BCUT2D eigenvalue weighted by Crippen LogP contribution is -2.18. The number of alkyl halides is 3. The van der Waals surface area contributed by atoms with Gasteiger partial charge >= 0.3 is 6.18 Å². The Kier molecular flexibility index (Phi) is 6.58. The highest BCUT2D eigenvalue weighted by Gasteiger charge is 2.30. The van der Waals surface area contributed by atoms with Gasteiger partial charge < -0.3 is 4.74 Å². The van der Waals surface area contributed by atoms with Crippen LogP contribution in [0.25, 0.3) is 10.8 Å². The van der Waals surface area contributed by atoms with E-state index >= 15 is 0 Å². The predicted molar refractivity (Wildman–Crippen MR) is 121 cm³/mol. The highest BCUT2D eigenvalue weighted by molar-refractivity contribution is 6.03. The Morgan fingerprint density at radius 2 is 1.71 bits per heavy atom. The van der Waals surface area contributed by atoms with Crippen molar-refractivity contribution in [3.8, 4) is 5.75 Å². The molecule has 0 atom stereocenters. The Bertz CT molecular complexity index is 1350. The van der Waals surface area contributed by atoms with Gasteiger partial charge in [0.1, 0.15) is 18.2 Å². The number of nitrogens with one attached hydrogen (secondary N) is 1. The number of rotatable bonds is 6. The molecule has 172 valence electrons. The van der Waals surface area contributed by atoms with Crippen LogP contribution in [0, 0.1) is 5.82 Å². The van der Waals surface area contributed by atoms with E-state index in [0.29, 0.717) is 11.3 Å². The van der Waals surface area contributed by atoms with E-state index in [1.165, 1.54) is 24.4 Å². The topological polar surface area (TPSA) is 50.7 Å². The zero-order valence-corrected chi connectivity index (χ0v) is 17.6. The number of carbonyl (C=O) groups excluding carboxylic acids is 1. The van der Waals surface area contributed by atoms with Gasteiger partial charge in [0.2, 0.25) is 0 Å². The molecule has 34 heavy (non-hydrogen) atoms. The van der Waals surface area contributed by atoms with Crippen molar-refractivity contribution in [1.82, 2.24) is 5.43 Å². The monoisotopic (exact) mass is 466 g/mol. The summed E-state index contributed by atoms with van der Waals surface area (Å²) in [6.45, 7) is 0.177. The first-order valence-electron chi connectivity index (χ1n) is 10.2. The molecule has 4 aromatic carbocycles. The van der Waals surface area contributed by atoms with Crippen LogP contribution < -0.4 is 10.2 Å². The van der Waals surface area contributed by atoms with Crippen molar-refractivity contribution in [1.29, 1.82) is 0 Å². The van der Waals surface area contributed by atoms with Crippen molar-refractivity contribution >= 4 is 22.9 Å².